The van der Waals surface area contributed by atoms with Crippen LogP contribution in [0.5, 0.6) is 0 Å². The van der Waals surface area contributed by atoms with Crippen LogP contribution in [0.15, 0.2) is 48.5 Å². The van der Waals surface area contributed by atoms with E-state index in [-0.39, 0.29) is 35.5 Å². The fourth-order valence-electron chi connectivity index (χ4n) is 2.80. The second-order valence-electron chi connectivity index (χ2n) is 6.83. The van der Waals surface area contributed by atoms with Crippen molar-refractivity contribution in [3.8, 4) is 0 Å². The van der Waals surface area contributed by atoms with E-state index in [4.69, 9.17) is 0 Å². The van der Waals surface area contributed by atoms with Crippen LogP contribution in [0.25, 0.3) is 0 Å². The third kappa shape index (κ3) is 10.6. The first kappa shape index (κ1) is 28.2. The number of hydrogen-bond donors (Lipinski definition) is 2. The molecule has 1 radical (unpaired) electrons. The zero-order valence-electron chi connectivity index (χ0n) is 19.2. The van der Waals surface area contributed by atoms with Crippen LogP contribution in [-0.2, 0) is 41.3 Å². The van der Waals surface area contributed by atoms with E-state index in [9.17, 15) is 19.2 Å². The molecule has 0 atom stereocenters. The Balaban J connectivity index is 0.000000346. The molecule has 0 bridgehead atoms. The van der Waals surface area contributed by atoms with Crippen molar-refractivity contribution >= 4 is 36.8 Å². The van der Waals surface area contributed by atoms with Gasteiger partial charge < -0.3 is 24.6 Å². The number of benzene rings is 2. The largest absolute Gasteiger partial charge is 1.00 e. The van der Waals surface area contributed by atoms with Crippen molar-refractivity contribution in [2.75, 3.05) is 11.9 Å². The third-order valence-corrected chi connectivity index (χ3v) is 4.16. The molecule has 1 aliphatic rings. The van der Waals surface area contributed by atoms with Crippen LogP contribution in [0.3, 0.4) is 0 Å². The second kappa shape index (κ2) is 14.4. The SMILES string of the molecule is CC(=O)O[B-](OC(C)=O)OC(C)=O.O=C1NCCc2ccc(NCc3ccccc3)cc21.[Na+]. The molecule has 1 amide bonds. The van der Waals surface area contributed by atoms with E-state index in [1.165, 1.54) is 5.56 Å². The molecule has 1 aliphatic heterocycles. The summed E-state index contributed by atoms with van der Waals surface area (Å²) in [6.07, 6.45) is 0.917. The van der Waals surface area contributed by atoms with Crippen molar-refractivity contribution in [2.45, 2.75) is 33.7 Å². The van der Waals surface area contributed by atoms with Gasteiger partial charge in [0.1, 0.15) is 0 Å². The zero-order valence-corrected chi connectivity index (χ0v) is 21.2. The molecule has 2 aromatic carbocycles. The average molecular weight is 463 g/mol. The van der Waals surface area contributed by atoms with Crippen molar-refractivity contribution < 1.29 is 62.7 Å². The molecule has 3 rings (SSSR count). The van der Waals surface area contributed by atoms with Crippen LogP contribution in [0, 0.1) is 0 Å². The molecular weight excluding hydrogens is 438 g/mol. The predicted molar refractivity (Wildman–Crippen MR) is 117 cm³/mol. The average Bonchev–Trinajstić information content (AvgIpc) is 2.72. The topological polar surface area (TPSA) is 120 Å². The quantitative estimate of drug-likeness (QED) is 0.538. The van der Waals surface area contributed by atoms with Crippen molar-refractivity contribution in [3.05, 3.63) is 65.2 Å². The second-order valence-corrected chi connectivity index (χ2v) is 6.83. The number of rotatable bonds is 6. The fourth-order valence-corrected chi connectivity index (χ4v) is 2.80. The van der Waals surface area contributed by atoms with Gasteiger partial charge in [-0.15, -0.1) is 0 Å². The minimum atomic E-state index is -1.59. The maximum absolute atomic E-state index is 11.8. The summed E-state index contributed by atoms with van der Waals surface area (Å²) in [5, 5.41) is 6.22. The Labute approximate surface area is 215 Å². The predicted octanol–water partition coefficient (Wildman–Crippen LogP) is -0.751. The monoisotopic (exact) mass is 463 g/mol. The van der Waals surface area contributed by atoms with Gasteiger partial charge in [0, 0.05) is 45.1 Å². The maximum atomic E-state index is 11.8. The minimum absolute atomic E-state index is 0. The summed E-state index contributed by atoms with van der Waals surface area (Å²) in [6, 6.07) is 16.2. The van der Waals surface area contributed by atoms with E-state index in [1.807, 2.05) is 36.4 Å². The number of carbonyl (C=O) groups is 4. The van der Waals surface area contributed by atoms with E-state index in [0.29, 0.717) is 0 Å². The van der Waals surface area contributed by atoms with Gasteiger partial charge in [0.15, 0.2) is 0 Å². The molecule has 0 fully saturated rings. The summed E-state index contributed by atoms with van der Waals surface area (Å²) in [6.45, 7) is 4.80. The summed E-state index contributed by atoms with van der Waals surface area (Å²) in [7, 11) is -1.59. The van der Waals surface area contributed by atoms with E-state index in [1.54, 1.807) is 0 Å². The zero-order chi connectivity index (χ0) is 23.5. The van der Waals surface area contributed by atoms with Gasteiger partial charge in [0.05, 0.1) is 0 Å². The molecule has 1 heterocycles. The summed E-state index contributed by atoms with van der Waals surface area (Å²) >= 11 is 0. The normalized spacial score (nSPS) is 11.5. The molecule has 9 nitrogen and oxygen atoms in total. The standard InChI is InChI=1S/C16H16N2O.C6H9BO6.Na/c19-16-15-10-14(7-6-13(15)8-9-17-16)18-11-12-4-2-1-3-5-12;1-4(8)11-7(12-5(2)9)13-6(3)10;/h1-7,10,18H,8-9,11H2,(H,17,19);1-3H3;/q;-1;+1. The van der Waals surface area contributed by atoms with Crippen LogP contribution >= 0.6 is 0 Å². The molecule has 0 saturated carbocycles. The Morgan fingerprint density at radius 1 is 0.939 bits per heavy atom. The number of nitrogens with one attached hydrogen (secondary N) is 2. The Kier molecular flexibility index (Phi) is 12.3. The number of fused-ring (bicyclic) bond motifs is 1. The molecule has 11 heteroatoms. The molecule has 33 heavy (non-hydrogen) atoms. The molecule has 0 unspecified atom stereocenters. The first-order valence-electron chi connectivity index (χ1n) is 9.95. The molecule has 2 aromatic rings. The van der Waals surface area contributed by atoms with Crippen LogP contribution in [0.4, 0.5) is 5.69 Å². The van der Waals surface area contributed by atoms with E-state index in [0.717, 1.165) is 57.1 Å². The smallest absolute Gasteiger partial charge is 0.642 e. The summed E-state index contributed by atoms with van der Waals surface area (Å²) < 4.78 is 13.0. The molecule has 2 N–H and O–H groups in total. The molecule has 0 spiro atoms. The first-order valence-corrected chi connectivity index (χ1v) is 9.95. The van der Waals surface area contributed by atoms with Crippen molar-refractivity contribution in [1.29, 1.82) is 0 Å². The third-order valence-electron chi connectivity index (χ3n) is 4.16. The van der Waals surface area contributed by atoms with E-state index in [2.05, 4.69) is 36.7 Å². The van der Waals surface area contributed by atoms with Crippen LogP contribution in [0.2, 0.25) is 0 Å². The van der Waals surface area contributed by atoms with Gasteiger partial charge >= 0.3 is 36.9 Å². The Morgan fingerprint density at radius 3 is 2.06 bits per heavy atom. The minimum Gasteiger partial charge on any atom is -0.642 e. The van der Waals surface area contributed by atoms with Gasteiger partial charge in [-0.05, 0) is 29.7 Å². The fraction of sp³-hybridized carbons (Fsp3) is 0.273. The maximum Gasteiger partial charge on any atom is 1.00 e. The van der Waals surface area contributed by atoms with Gasteiger partial charge in [0.25, 0.3) is 23.8 Å². The number of amides is 1. The number of anilines is 1. The molecule has 0 saturated heterocycles. The van der Waals surface area contributed by atoms with Crippen LogP contribution in [0.1, 0.15) is 42.3 Å². The Bertz CT molecular complexity index is 934. The van der Waals surface area contributed by atoms with Gasteiger partial charge in [0.2, 0.25) is 0 Å². The molecule has 0 aliphatic carbocycles. The molecule has 0 aromatic heterocycles. The van der Waals surface area contributed by atoms with Crippen molar-refractivity contribution in [3.63, 3.8) is 0 Å². The van der Waals surface area contributed by atoms with Crippen molar-refractivity contribution in [2.24, 2.45) is 0 Å². The number of carbonyl (C=O) groups excluding carboxylic acids is 4. The number of hydrogen-bond acceptors (Lipinski definition) is 8. The Morgan fingerprint density at radius 2 is 1.52 bits per heavy atom. The Hall–Kier alpha value is -2.82. The molecule has 169 valence electrons. The first-order chi connectivity index (χ1) is 15.2. The van der Waals surface area contributed by atoms with Crippen molar-refractivity contribution in [1.82, 2.24) is 5.32 Å². The van der Waals surface area contributed by atoms with Gasteiger partial charge in [-0.1, -0.05) is 36.4 Å². The van der Waals surface area contributed by atoms with E-state index < -0.39 is 25.2 Å². The molecular formula is C22H25BN2NaO7. The van der Waals surface area contributed by atoms with Crippen LogP contribution < -0.4 is 40.2 Å². The summed E-state index contributed by atoms with van der Waals surface area (Å²) in [5.41, 5.74) is 4.14. The van der Waals surface area contributed by atoms with Gasteiger partial charge in [-0.2, -0.15) is 0 Å². The summed E-state index contributed by atoms with van der Waals surface area (Å²) in [5.74, 6) is -2.11. The van der Waals surface area contributed by atoms with Crippen LogP contribution in [-0.4, -0.2) is 37.7 Å². The van der Waals surface area contributed by atoms with Gasteiger partial charge in [-0.3, -0.25) is 19.2 Å². The summed E-state index contributed by atoms with van der Waals surface area (Å²) in [4.78, 5) is 43.0. The van der Waals surface area contributed by atoms with E-state index >= 15 is 0 Å². The van der Waals surface area contributed by atoms with Gasteiger partial charge in [-0.25, -0.2) is 0 Å².